The molecular formula is C13H20N6O2. The Morgan fingerprint density at radius 3 is 3.10 bits per heavy atom. The number of ether oxygens (including phenoxy) is 1. The molecule has 1 aliphatic rings. The number of aromatic nitrogens is 5. The van der Waals surface area contributed by atoms with E-state index < -0.39 is 0 Å². The van der Waals surface area contributed by atoms with E-state index in [2.05, 4.69) is 30.2 Å². The molecule has 3 heterocycles. The van der Waals surface area contributed by atoms with Crippen molar-refractivity contribution in [1.29, 1.82) is 0 Å². The van der Waals surface area contributed by atoms with Gasteiger partial charge in [0.2, 0.25) is 5.89 Å². The molecule has 2 aromatic rings. The summed E-state index contributed by atoms with van der Waals surface area (Å²) in [5.41, 5.74) is 0. The van der Waals surface area contributed by atoms with E-state index in [1.54, 1.807) is 7.11 Å². The Morgan fingerprint density at radius 2 is 2.33 bits per heavy atom. The third kappa shape index (κ3) is 3.45. The van der Waals surface area contributed by atoms with Gasteiger partial charge in [0.25, 0.3) is 0 Å². The van der Waals surface area contributed by atoms with Crippen LogP contribution in [0.3, 0.4) is 0 Å². The van der Waals surface area contributed by atoms with Crippen molar-refractivity contribution in [3.63, 3.8) is 0 Å². The second kappa shape index (κ2) is 6.31. The summed E-state index contributed by atoms with van der Waals surface area (Å²) >= 11 is 0. The van der Waals surface area contributed by atoms with Crippen LogP contribution in [0.25, 0.3) is 0 Å². The maximum absolute atomic E-state index is 5.24. The van der Waals surface area contributed by atoms with Crippen molar-refractivity contribution in [2.24, 2.45) is 0 Å². The molecule has 0 aromatic carbocycles. The molecule has 1 saturated heterocycles. The molecule has 8 heteroatoms. The first kappa shape index (κ1) is 14.2. The van der Waals surface area contributed by atoms with Gasteiger partial charge in [-0.3, -0.25) is 10.00 Å². The fourth-order valence-corrected chi connectivity index (χ4v) is 2.69. The quantitative estimate of drug-likeness (QED) is 0.879. The van der Waals surface area contributed by atoms with Gasteiger partial charge in [-0.15, -0.1) is 0 Å². The molecule has 1 fully saturated rings. The van der Waals surface area contributed by atoms with Gasteiger partial charge in [-0.05, 0) is 26.3 Å². The lowest BCUT2D eigenvalue weighted by molar-refractivity contribution is 0.170. The van der Waals surface area contributed by atoms with Crippen LogP contribution in [-0.4, -0.2) is 50.4 Å². The van der Waals surface area contributed by atoms with Crippen molar-refractivity contribution < 1.29 is 9.26 Å². The average molecular weight is 292 g/mol. The number of nitrogens with zero attached hydrogens (tertiary/aromatic N) is 5. The summed E-state index contributed by atoms with van der Waals surface area (Å²) in [6.45, 7) is 4.91. The fourth-order valence-electron chi connectivity index (χ4n) is 2.69. The maximum atomic E-state index is 5.24. The minimum Gasteiger partial charge on any atom is -0.377 e. The third-order valence-electron chi connectivity index (χ3n) is 3.63. The van der Waals surface area contributed by atoms with Crippen LogP contribution in [0, 0.1) is 6.92 Å². The molecule has 1 N–H and O–H groups in total. The number of hydrogen-bond donors (Lipinski definition) is 1. The molecule has 1 unspecified atom stereocenters. The number of hydrogen-bond acceptors (Lipinski definition) is 7. The van der Waals surface area contributed by atoms with Crippen LogP contribution in [-0.2, 0) is 17.9 Å². The Bertz CT molecular complexity index is 581. The molecule has 0 spiro atoms. The second-order valence-corrected chi connectivity index (χ2v) is 5.39. The van der Waals surface area contributed by atoms with Gasteiger partial charge in [-0.1, -0.05) is 5.16 Å². The van der Waals surface area contributed by atoms with E-state index in [9.17, 15) is 0 Å². The number of piperidine rings is 1. The highest BCUT2D eigenvalue weighted by Gasteiger charge is 2.25. The number of likely N-dealkylation sites (tertiary alicyclic amines) is 1. The zero-order valence-corrected chi connectivity index (χ0v) is 12.4. The Hall–Kier alpha value is -1.80. The predicted molar refractivity (Wildman–Crippen MR) is 73.4 cm³/mol. The van der Waals surface area contributed by atoms with Crippen LogP contribution in [0.2, 0.25) is 0 Å². The zero-order valence-electron chi connectivity index (χ0n) is 12.4. The van der Waals surface area contributed by atoms with E-state index in [0.717, 1.165) is 37.6 Å². The zero-order chi connectivity index (χ0) is 14.7. The molecule has 114 valence electrons. The number of rotatable bonds is 5. The van der Waals surface area contributed by atoms with Crippen molar-refractivity contribution in [3.8, 4) is 0 Å². The molecule has 0 amide bonds. The lowest BCUT2D eigenvalue weighted by atomic mass is 9.97. The highest BCUT2D eigenvalue weighted by Crippen LogP contribution is 2.25. The van der Waals surface area contributed by atoms with Gasteiger partial charge in [-0.2, -0.15) is 10.1 Å². The number of nitrogens with one attached hydrogen (secondary N) is 1. The van der Waals surface area contributed by atoms with Crippen molar-refractivity contribution in [3.05, 3.63) is 23.4 Å². The van der Waals surface area contributed by atoms with E-state index in [1.165, 1.54) is 0 Å². The van der Waals surface area contributed by atoms with Gasteiger partial charge in [0.15, 0.2) is 11.6 Å². The highest BCUT2D eigenvalue weighted by atomic mass is 16.5. The average Bonchev–Trinajstić information content (AvgIpc) is 3.09. The first-order valence-electron chi connectivity index (χ1n) is 7.16. The monoisotopic (exact) mass is 292 g/mol. The van der Waals surface area contributed by atoms with Crippen LogP contribution in [0.4, 0.5) is 0 Å². The smallest absolute Gasteiger partial charge is 0.240 e. The summed E-state index contributed by atoms with van der Waals surface area (Å²) in [7, 11) is 1.62. The van der Waals surface area contributed by atoms with Crippen LogP contribution >= 0.6 is 0 Å². The van der Waals surface area contributed by atoms with Crippen molar-refractivity contribution in [2.45, 2.75) is 38.8 Å². The lowest BCUT2D eigenvalue weighted by Gasteiger charge is -2.30. The summed E-state index contributed by atoms with van der Waals surface area (Å²) in [5, 5.41) is 11.1. The van der Waals surface area contributed by atoms with Gasteiger partial charge in [0, 0.05) is 19.6 Å². The Kier molecular flexibility index (Phi) is 4.26. The summed E-state index contributed by atoms with van der Waals surface area (Å²) in [6, 6.07) is 0. The summed E-state index contributed by atoms with van der Waals surface area (Å²) in [4.78, 5) is 11.1. The summed E-state index contributed by atoms with van der Waals surface area (Å²) in [6.07, 6.45) is 2.24. The van der Waals surface area contributed by atoms with Crippen LogP contribution in [0.5, 0.6) is 0 Å². The first-order chi connectivity index (χ1) is 10.2. The molecule has 2 aromatic heterocycles. The summed E-state index contributed by atoms with van der Waals surface area (Å²) in [5.74, 6) is 3.36. The van der Waals surface area contributed by atoms with E-state index in [-0.39, 0.29) is 0 Å². The molecule has 1 atom stereocenters. The van der Waals surface area contributed by atoms with Crippen LogP contribution < -0.4 is 0 Å². The number of methoxy groups -OCH3 is 1. The van der Waals surface area contributed by atoms with E-state index in [1.807, 2.05) is 6.92 Å². The molecule has 0 radical (unpaired) electrons. The molecule has 0 bridgehead atoms. The van der Waals surface area contributed by atoms with Gasteiger partial charge in [-0.25, -0.2) is 4.98 Å². The molecule has 21 heavy (non-hydrogen) atoms. The van der Waals surface area contributed by atoms with Crippen molar-refractivity contribution in [2.75, 3.05) is 20.2 Å². The maximum Gasteiger partial charge on any atom is 0.240 e. The SMILES string of the molecule is COCc1noc(CN2CCCC(c3n[nH]c(C)n3)C2)n1. The number of aryl methyl sites for hydroxylation is 1. The largest absolute Gasteiger partial charge is 0.377 e. The lowest BCUT2D eigenvalue weighted by Crippen LogP contribution is -2.34. The normalized spacial score (nSPS) is 20.0. The topological polar surface area (TPSA) is 93.0 Å². The Balaban J connectivity index is 1.60. The van der Waals surface area contributed by atoms with Crippen molar-refractivity contribution >= 4 is 0 Å². The minimum absolute atomic E-state index is 0.366. The first-order valence-corrected chi connectivity index (χ1v) is 7.16. The van der Waals surface area contributed by atoms with E-state index in [0.29, 0.717) is 30.8 Å². The van der Waals surface area contributed by atoms with Gasteiger partial charge < -0.3 is 9.26 Å². The standard InChI is InChI=1S/C13H20N6O2/c1-9-14-13(17-16-9)10-4-3-5-19(6-10)7-12-15-11(8-20-2)18-21-12/h10H,3-8H2,1-2H3,(H,14,16,17). The molecule has 0 saturated carbocycles. The van der Waals surface area contributed by atoms with Crippen LogP contribution in [0.1, 0.15) is 42.1 Å². The molecule has 1 aliphatic heterocycles. The highest BCUT2D eigenvalue weighted by molar-refractivity contribution is 5.00. The fraction of sp³-hybridized carbons (Fsp3) is 0.692. The van der Waals surface area contributed by atoms with Crippen molar-refractivity contribution in [1.82, 2.24) is 30.2 Å². The number of H-pyrrole nitrogens is 1. The molecule has 8 nitrogen and oxygen atoms in total. The minimum atomic E-state index is 0.366. The number of aromatic amines is 1. The van der Waals surface area contributed by atoms with Gasteiger partial charge in [0.05, 0.1) is 6.54 Å². The van der Waals surface area contributed by atoms with Gasteiger partial charge in [0.1, 0.15) is 12.4 Å². The Labute approximate surface area is 122 Å². The van der Waals surface area contributed by atoms with E-state index >= 15 is 0 Å². The molecule has 0 aliphatic carbocycles. The molecule has 3 rings (SSSR count). The third-order valence-corrected chi connectivity index (χ3v) is 3.63. The summed E-state index contributed by atoms with van der Waals surface area (Å²) < 4.78 is 10.2. The van der Waals surface area contributed by atoms with Crippen LogP contribution in [0.15, 0.2) is 4.52 Å². The Morgan fingerprint density at radius 1 is 1.43 bits per heavy atom. The predicted octanol–water partition coefficient (Wildman–Crippen LogP) is 1.02. The molecular weight excluding hydrogens is 272 g/mol. The second-order valence-electron chi connectivity index (χ2n) is 5.39. The van der Waals surface area contributed by atoms with Gasteiger partial charge >= 0.3 is 0 Å². The van der Waals surface area contributed by atoms with E-state index in [4.69, 9.17) is 9.26 Å².